The fourth-order valence-electron chi connectivity index (χ4n) is 0.394. The van der Waals surface area contributed by atoms with Crippen molar-refractivity contribution < 1.29 is 0 Å². The second-order valence-corrected chi connectivity index (χ2v) is 2.73. The van der Waals surface area contributed by atoms with E-state index in [1.165, 1.54) is 17.0 Å². The summed E-state index contributed by atoms with van der Waals surface area (Å²) in [5.41, 5.74) is 5.12. The molecule has 3 heteroatoms. The smallest absolute Gasteiger partial charge is 0.0137 e. The summed E-state index contributed by atoms with van der Waals surface area (Å²) in [4.78, 5) is 1.11. The minimum absolute atomic E-state index is 1.11. The van der Waals surface area contributed by atoms with E-state index >= 15 is 0 Å². The molecule has 0 rings (SSSR count). The van der Waals surface area contributed by atoms with Crippen LogP contribution in [0.3, 0.4) is 0 Å². The Hall–Kier alpha value is -0.280. The lowest BCUT2D eigenvalue weighted by atomic mass is 10.4. The van der Waals surface area contributed by atoms with Gasteiger partial charge in [-0.3, -0.25) is 0 Å². The van der Waals surface area contributed by atoms with Crippen LogP contribution in [0.15, 0.2) is 35.4 Å². The molecule has 0 amide bonds. The summed E-state index contributed by atoms with van der Waals surface area (Å²) in [5, 5.41) is 0. The Kier molecular flexibility index (Phi) is 6.64. The van der Waals surface area contributed by atoms with Crippen LogP contribution in [0.1, 0.15) is 6.92 Å². The number of hydrogen-bond acceptors (Lipinski definition) is 3. The summed E-state index contributed by atoms with van der Waals surface area (Å²) in [6.07, 6.45) is 9.07. The monoisotopic (exact) mass is 173 g/mol. The van der Waals surface area contributed by atoms with Crippen molar-refractivity contribution in [1.82, 2.24) is 0 Å². The summed E-state index contributed by atoms with van der Waals surface area (Å²) >= 11 is 4.04. The van der Waals surface area contributed by atoms with Crippen LogP contribution in [0.2, 0.25) is 0 Å². The number of nitrogens with two attached hydrogens (primary N) is 1. The minimum atomic E-state index is 1.11. The summed E-state index contributed by atoms with van der Waals surface area (Å²) < 4.78 is 0. The van der Waals surface area contributed by atoms with Crippen LogP contribution in [0.5, 0.6) is 0 Å². The lowest BCUT2D eigenvalue weighted by molar-refractivity contribution is 1.60. The predicted octanol–water partition coefficient (Wildman–Crippen LogP) is 2.50. The van der Waals surface area contributed by atoms with E-state index < -0.39 is 0 Å². The SMILES string of the molecule is C\C=C(/C=C\C=C/N)SS. The Labute approximate surface area is 70.9 Å². The molecule has 0 unspecified atom stereocenters. The zero-order valence-electron chi connectivity index (χ0n) is 5.82. The summed E-state index contributed by atoms with van der Waals surface area (Å²) in [6.45, 7) is 1.97. The van der Waals surface area contributed by atoms with Crippen LogP contribution >= 0.6 is 22.5 Å². The lowest BCUT2D eigenvalue weighted by Gasteiger charge is -1.89. The third kappa shape index (κ3) is 4.58. The first-order valence-corrected chi connectivity index (χ1v) is 4.74. The zero-order chi connectivity index (χ0) is 7.82. The molecule has 0 spiro atoms. The maximum absolute atomic E-state index is 5.12. The Morgan fingerprint density at radius 3 is 2.60 bits per heavy atom. The molecule has 0 aliphatic heterocycles. The molecule has 0 saturated heterocycles. The molecule has 0 saturated carbocycles. The van der Waals surface area contributed by atoms with Crippen LogP contribution in [0, 0.1) is 0 Å². The van der Waals surface area contributed by atoms with E-state index in [9.17, 15) is 0 Å². The number of allylic oxidation sites excluding steroid dienone is 4. The highest BCUT2D eigenvalue weighted by Crippen LogP contribution is 2.19. The van der Waals surface area contributed by atoms with Crippen molar-refractivity contribution in [1.29, 1.82) is 0 Å². The first-order valence-electron chi connectivity index (χ1n) is 2.87. The highest BCUT2D eigenvalue weighted by molar-refractivity contribution is 8.70. The van der Waals surface area contributed by atoms with E-state index in [2.05, 4.69) is 11.7 Å². The molecule has 0 aromatic rings. The minimum Gasteiger partial charge on any atom is -0.405 e. The topological polar surface area (TPSA) is 26.0 Å². The highest BCUT2D eigenvalue weighted by Gasteiger charge is 1.82. The molecule has 2 N–H and O–H groups in total. The average Bonchev–Trinajstić information content (AvgIpc) is 1.99. The van der Waals surface area contributed by atoms with Gasteiger partial charge in [0.15, 0.2) is 0 Å². The van der Waals surface area contributed by atoms with Crippen molar-refractivity contribution in [3.05, 3.63) is 35.4 Å². The van der Waals surface area contributed by atoms with Gasteiger partial charge in [0, 0.05) is 4.91 Å². The van der Waals surface area contributed by atoms with Crippen molar-refractivity contribution in [3.63, 3.8) is 0 Å². The molecule has 0 aliphatic carbocycles. The van der Waals surface area contributed by atoms with Gasteiger partial charge in [-0.2, -0.15) is 0 Å². The average molecular weight is 173 g/mol. The standard InChI is InChI=1S/C7H11NS2/c1-2-7(10-9)5-3-4-6-8/h2-6,9H,8H2,1H3/b5-3-,6-4-,7-2+. The Bertz CT molecular complexity index is 159. The molecule has 1 nitrogen and oxygen atoms in total. The molecule has 56 valence electrons. The first-order chi connectivity index (χ1) is 4.85. The van der Waals surface area contributed by atoms with Crippen molar-refractivity contribution in [2.75, 3.05) is 0 Å². The second-order valence-electron chi connectivity index (χ2n) is 1.53. The second kappa shape index (κ2) is 6.83. The van der Waals surface area contributed by atoms with E-state index in [0.717, 1.165) is 4.91 Å². The molecular formula is C7H11NS2. The third-order valence-electron chi connectivity index (χ3n) is 0.873. The fourth-order valence-corrected chi connectivity index (χ4v) is 1.14. The maximum atomic E-state index is 5.12. The van der Waals surface area contributed by atoms with Gasteiger partial charge in [0.05, 0.1) is 0 Å². The number of hydrogen-bond donors (Lipinski definition) is 2. The Morgan fingerprint density at radius 2 is 2.20 bits per heavy atom. The zero-order valence-corrected chi connectivity index (χ0v) is 7.53. The van der Waals surface area contributed by atoms with Gasteiger partial charge in [-0.1, -0.05) is 22.9 Å². The molecule has 0 radical (unpaired) electrons. The predicted molar refractivity (Wildman–Crippen MR) is 52.8 cm³/mol. The molecule has 0 aromatic heterocycles. The summed E-state index contributed by atoms with van der Waals surface area (Å²) in [7, 11) is 1.41. The Morgan fingerprint density at radius 1 is 1.50 bits per heavy atom. The van der Waals surface area contributed by atoms with E-state index in [0.29, 0.717) is 0 Å². The van der Waals surface area contributed by atoms with Gasteiger partial charge in [0.2, 0.25) is 0 Å². The molecule has 0 aromatic carbocycles. The van der Waals surface area contributed by atoms with Gasteiger partial charge < -0.3 is 5.73 Å². The normalized spacial score (nSPS) is 13.6. The fraction of sp³-hybridized carbons (Fsp3) is 0.143. The maximum Gasteiger partial charge on any atom is 0.0137 e. The molecule has 0 fully saturated rings. The molecule has 0 heterocycles. The summed E-state index contributed by atoms with van der Waals surface area (Å²) in [5.74, 6) is 0. The number of thiol groups is 1. The van der Waals surface area contributed by atoms with Gasteiger partial charge in [-0.05, 0) is 25.3 Å². The van der Waals surface area contributed by atoms with Crippen LogP contribution < -0.4 is 5.73 Å². The third-order valence-corrected chi connectivity index (χ3v) is 2.09. The van der Waals surface area contributed by atoms with Crippen molar-refractivity contribution in [3.8, 4) is 0 Å². The van der Waals surface area contributed by atoms with E-state index in [1.807, 2.05) is 25.2 Å². The van der Waals surface area contributed by atoms with Crippen molar-refractivity contribution in [2.45, 2.75) is 6.92 Å². The lowest BCUT2D eigenvalue weighted by Crippen LogP contribution is -1.72. The van der Waals surface area contributed by atoms with E-state index in [1.54, 1.807) is 6.08 Å². The molecule has 0 bridgehead atoms. The first kappa shape index (κ1) is 9.72. The van der Waals surface area contributed by atoms with Crippen LogP contribution in [0.25, 0.3) is 0 Å². The van der Waals surface area contributed by atoms with Gasteiger partial charge in [-0.25, -0.2) is 0 Å². The van der Waals surface area contributed by atoms with Gasteiger partial charge in [0.25, 0.3) is 0 Å². The van der Waals surface area contributed by atoms with Crippen LogP contribution in [0.4, 0.5) is 0 Å². The van der Waals surface area contributed by atoms with Crippen molar-refractivity contribution in [2.24, 2.45) is 5.73 Å². The van der Waals surface area contributed by atoms with Crippen LogP contribution in [-0.2, 0) is 0 Å². The quantitative estimate of drug-likeness (QED) is 0.389. The largest absolute Gasteiger partial charge is 0.405 e. The molecular weight excluding hydrogens is 162 g/mol. The van der Waals surface area contributed by atoms with Crippen LogP contribution in [-0.4, -0.2) is 0 Å². The molecule has 10 heavy (non-hydrogen) atoms. The van der Waals surface area contributed by atoms with Crippen molar-refractivity contribution >= 4 is 22.5 Å². The molecule has 0 atom stereocenters. The summed E-state index contributed by atoms with van der Waals surface area (Å²) in [6, 6.07) is 0. The number of rotatable bonds is 3. The van der Waals surface area contributed by atoms with Gasteiger partial charge in [0.1, 0.15) is 0 Å². The van der Waals surface area contributed by atoms with Gasteiger partial charge in [-0.15, -0.1) is 11.7 Å². The molecule has 0 aliphatic rings. The Balaban J connectivity index is 3.85. The van der Waals surface area contributed by atoms with Gasteiger partial charge >= 0.3 is 0 Å². The van der Waals surface area contributed by atoms with E-state index in [-0.39, 0.29) is 0 Å². The van der Waals surface area contributed by atoms with E-state index in [4.69, 9.17) is 5.73 Å². The highest BCUT2D eigenvalue weighted by atomic mass is 33.1.